The lowest BCUT2D eigenvalue weighted by Crippen LogP contribution is -2.35. The zero-order valence-corrected chi connectivity index (χ0v) is 11.1. The van der Waals surface area contributed by atoms with Gasteiger partial charge in [-0.15, -0.1) is 0 Å². The van der Waals surface area contributed by atoms with Crippen molar-refractivity contribution in [3.05, 3.63) is 40.5 Å². The van der Waals surface area contributed by atoms with E-state index in [1.54, 1.807) is 6.07 Å². The van der Waals surface area contributed by atoms with Crippen LogP contribution in [0, 0.1) is 0 Å². The Kier molecular flexibility index (Phi) is 2.85. The molecule has 0 amide bonds. The Balaban J connectivity index is 1.93. The van der Waals surface area contributed by atoms with Crippen LogP contribution in [0.25, 0.3) is 0 Å². The number of nitrogens with zero attached hydrogens (tertiary/aromatic N) is 4. The molecule has 0 saturated carbocycles. The molecule has 3 heterocycles. The highest BCUT2D eigenvalue weighted by Crippen LogP contribution is 2.18. The van der Waals surface area contributed by atoms with Crippen LogP contribution in [0.2, 0.25) is 0 Å². The average Bonchev–Trinajstić information content (AvgIpc) is 2.85. The lowest BCUT2D eigenvalue weighted by Gasteiger charge is -2.28. The third-order valence-electron chi connectivity index (χ3n) is 3.36. The van der Waals surface area contributed by atoms with E-state index in [4.69, 9.17) is 0 Å². The summed E-state index contributed by atoms with van der Waals surface area (Å²) in [5.74, 6) is 2.69. The Morgan fingerprint density at radius 3 is 3.00 bits per heavy atom. The third-order valence-corrected chi connectivity index (χ3v) is 3.36. The van der Waals surface area contributed by atoms with Gasteiger partial charge < -0.3 is 14.5 Å². The second kappa shape index (κ2) is 4.53. The predicted molar refractivity (Wildman–Crippen MR) is 72.2 cm³/mol. The first-order valence-corrected chi connectivity index (χ1v) is 6.49. The minimum atomic E-state index is -0.0948. The van der Waals surface area contributed by atoms with Crippen LogP contribution in [-0.4, -0.2) is 26.1 Å². The van der Waals surface area contributed by atoms with Crippen LogP contribution in [-0.2, 0) is 13.1 Å². The van der Waals surface area contributed by atoms with Crippen molar-refractivity contribution in [3.8, 4) is 0 Å². The summed E-state index contributed by atoms with van der Waals surface area (Å²) in [5.41, 5.74) is -0.0948. The van der Waals surface area contributed by atoms with Gasteiger partial charge in [-0.05, 0) is 0 Å². The van der Waals surface area contributed by atoms with Crippen LogP contribution < -0.4 is 10.5 Å². The summed E-state index contributed by atoms with van der Waals surface area (Å²) in [6.07, 6.45) is 3.79. The summed E-state index contributed by atoms with van der Waals surface area (Å²) in [6.45, 7) is 6.45. The van der Waals surface area contributed by atoms with Gasteiger partial charge in [0.05, 0.1) is 6.54 Å². The fourth-order valence-electron chi connectivity index (χ4n) is 2.27. The maximum absolute atomic E-state index is 11.7. The smallest absolute Gasteiger partial charge is 0.252 e. The molecule has 1 aliphatic heterocycles. The normalized spacial score (nSPS) is 14.8. The number of anilines is 1. The standard InChI is InChI=1S/C13H17N5O/c1-9(2)13-15-10(7-12(19)16-13)18-6-5-17-4-3-14-11(17)8-18/h3-4,7,9H,5-6,8H2,1-2H3,(H,15,16,19). The molecule has 0 fully saturated rings. The maximum Gasteiger partial charge on any atom is 0.252 e. The first-order valence-electron chi connectivity index (χ1n) is 6.49. The minimum absolute atomic E-state index is 0.0948. The van der Waals surface area contributed by atoms with Crippen molar-refractivity contribution >= 4 is 5.82 Å². The number of fused-ring (bicyclic) bond motifs is 1. The third kappa shape index (κ3) is 2.25. The Bertz CT molecular complexity index is 642. The largest absolute Gasteiger partial charge is 0.347 e. The van der Waals surface area contributed by atoms with E-state index in [9.17, 15) is 4.79 Å². The van der Waals surface area contributed by atoms with Crippen molar-refractivity contribution < 1.29 is 0 Å². The molecule has 6 nitrogen and oxygen atoms in total. The van der Waals surface area contributed by atoms with Crippen molar-refractivity contribution in [1.82, 2.24) is 19.5 Å². The topological polar surface area (TPSA) is 66.8 Å². The lowest BCUT2D eigenvalue weighted by atomic mass is 10.2. The molecule has 0 atom stereocenters. The molecule has 0 bridgehead atoms. The molecule has 3 rings (SSSR count). The van der Waals surface area contributed by atoms with Crippen LogP contribution in [0.4, 0.5) is 5.82 Å². The summed E-state index contributed by atoms with van der Waals surface area (Å²) in [6, 6.07) is 1.56. The van der Waals surface area contributed by atoms with Gasteiger partial charge in [-0.25, -0.2) is 9.97 Å². The van der Waals surface area contributed by atoms with Crippen molar-refractivity contribution in [2.24, 2.45) is 0 Å². The second-order valence-electron chi connectivity index (χ2n) is 5.10. The highest BCUT2D eigenvalue weighted by molar-refractivity contribution is 5.38. The molecule has 1 N–H and O–H groups in total. The fraction of sp³-hybridized carbons (Fsp3) is 0.462. The number of aromatic amines is 1. The fourth-order valence-corrected chi connectivity index (χ4v) is 2.27. The summed E-state index contributed by atoms with van der Waals surface area (Å²) < 4.78 is 2.13. The molecule has 0 spiro atoms. The van der Waals surface area contributed by atoms with Gasteiger partial charge in [0.15, 0.2) is 0 Å². The maximum atomic E-state index is 11.7. The van der Waals surface area contributed by atoms with Gasteiger partial charge in [0.2, 0.25) is 0 Å². The van der Waals surface area contributed by atoms with Gasteiger partial charge in [0.25, 0.3) is 5.56 Å². The Morgan fingerprint density at radius 1 is 1.37 bits per heavy atom. The SMILES string of the molecule is CC(C)c1nc(N2CCn3ccnc3C2)cc(=O)[nH]1. The van der Waals surface area contributed by atoms with Crippen molar-refractivity contribution in [2.45, 2.75) is 32.9 Å². The Hall–Kier alpha value is -2.11. The van der Waals surface area contributed by atoms with Gasteiger partial charge in [0, 0.05) is 37.5 Å². The second-order valence-corrected chi connectivity index (χ2v) is 5.10. The molecule has 100 valence electrons. The van der Waals surface area contributed by atoms with E-state index in [0.29, 0.717) is 6.54 Å². The first kappa shape index (κ1) is 12.0. The summed E-state index contributed by atoms with van der Waals surface area (Å²) in [5, 5.41) is 0. The molecular weight excluding hydrogens is 242 g/mol. The van der Waals surface area contributed by atoms with Gasteiger partial charge in [-0.3, -0.25) is 4.79 Å². The molecule has 0 aliphatic carbocycles. The van der Waals surface area contributed by atoms with Crippen LogP contribution in [0.5, 0.6) is 0 Å². The van der Waals surface area contributed by atoms with Crippen molar-refractivity contribution in [1.29, 1.82) is 0 Å². The van der Waals surface area contributed by atoms with E-state index in [1.165, 1.54) is 0 Å². The minimum Gasteiger partial charge on any atom is -0.347 e. The highest BCUT2D eigenvalue weighted by atomic mass is 16.1. The summed E-state index contributed by atoms with van der Waals surface area (Å²) >= 11 is 0. The average molecular weight is 259 g/mol. The number of aromatic nitrogens is 4. The van der Waals surface area contributed by atoms with Gasteiger partial charge in [0.1, 0.15) is 17.5 Å². The predicted octanol–water partition coefficient (Wildman–Crippen LogP) is 1.11. The van der Waals surface area contributed by atoms with E-state index in [-0.39, 0.29) is 11.5 Å². The monoisotopic (exact) mass is 259 g/mol. The highest BCUT2D eigenvalue weighted by Gasteiger charge is 2.19. The molecule has 2 aromatic rings. The Labute approximate surface area is 111 Å². The van der Waals surface area contributed by atoms with Gasteiger partial charge in [-0.2, -0.15) is 0 Å². The number of imidazole rings is 1. The first-order chi connectivity index (χ1) is 9.13. The molecule has 0 saturated heterocycles. The molecule has 0 unspecified atom stereocenters. The molecule has 2 aromatic heterocycles. The van der Waals surface area contributed by atoms with E-state index in [0.717, 1.165) is 30.6 Å². The quantitative estimate of drug-likeness (QED) is 0.877. The zero-order valence-electron chi connectivity index (χ0n) is 11.1. The molecule has 0 aromatic carbocycles. The van der Waals surface area contributed by atoms with Crippen molar-refractivity contribution in [2.75, 3.05) is 11.4 Å². The molecule has 0 radical (unpaired) electrons. The zero-order chi connectivity index (χ0) is 13.4. The summed E-state index contributed by atoms with van der Waals surface area (Å²) in [7, 11) is 0. The van der Waals surface area contributed by atoms with Crippen LogP contribution >= 0.6 is 0 Å². The number of H-pyrrole nitrogens is 1. The lowest BCUT2D eigenvalue weighted by molar-refractivity contribution is 0.554. The Morgan fingerprint density at radius 2 is 2.21 bits per heavy atom. The van der Waals surface area contributed by atoms with E-state index < -0.39 is 0 Å². The van der Waals surface area contributed by atoms with Crippen LogP contribution in [0.3, 0.4) is 0 Å². The van der Waals surface area contributed by atoms with E-state index >= 15 is 0 Å². The van der Waals surface area contributed by atoms with E-state index in [2.05, 4.69) is 24.4 Å². The molecular formula is C13H17N5O. The van der Waals surface area contributed by atoms with Crippen LogP contribution in [0.1, 0.15) is 31.4 Å². The summed E-state index contributed by atoms with van der Waals surface area (Å²) in [4.78, 5) is 25.5. The van der Waals surface area contributed by atoms with Gasteiger partial charge in [-0.1, -0.05) is 13.8 Å². The number of hydrogen-bond acceptors (Lipinski definition) is 4. The van der Waals surface area contributed by atoms with Gasteiger partial charge >= 0.3 is 0 Å². The number of hydrogen-bond donors (Lipinski definition) is 1. The number of nitrogens with one attached hydrogen (secondary N) is 1. The van der Waals surface area contributed by atoms with Crippen LogP contribution in [0.15, 0.2) is 23.3 Å². The van der Waals surface area contributed by atoms with E-state index in [1.807, 2.05) is 26.2 Å². The molecule has 1 aliphatic rings. The molecule has 19 heavy (non-hydrogen) atoms. The molecule has 6 heteroatoms. The number of rotatable bonds is 2. The van der Waals surface area contributed by atoms with Crippen molar-refractivity contribution in [3.63, 3.8) is 0 Å².